The van der Waals surface area contributed by atoms with Crippen LogP contribution >= 0.6 is 0 Å². The van der Waals surface area contributed by atoms with E-state index in [1.165, 1.54) is 0 Å². The molecular weight excluding hydrogens is 250 g/mol. The molecule has 0 aliphatic heterocycles. The minimum atomic E-state index is -1.42. The molecular formula is Cl4O2SiTi. The first-order chi connectivity index (χ1) is 1.41. The van der Waals surface area contributed by atoms with Crippen molar-refractivity contribution in [1.82, 2.24) is 0 Å². The van der Waals surface area contributed by atoms with Gasteiger partial charge in [-0.25, -0.2) is 0 Å². The summed E-state index contributed by atoms with van der Waals surface area (Å²) in [5.74, 6) is 0. The molecule has 0 aliphatic rings. The number of hydrogen-bond donors (Lipinski definition) is 0. The Morgan fingerprint density at radius 1 is 0.750 bits per heavy atom. The fourth-order valence-electron chi connectivity index (χ4n) is 0. The molecule has 0 atom stereocenters. The van der Waals surface area contributed by atoms with Gasteiger partial charge in [-0.1, -0.05) is 0 Å². The Balaban J connectivity index is -0.00000000200. The van der Waals surface area contributed by atoms with E-state index in [0.29, 0.717) is 0 Å². The van der Waals surface area contributed by atoms with Crippen LogP contribution in [0.1, 0.15) is 0 Å². The monoisotopic (exact) mass is 248 g/mol. The van der Waals surface area contributed by atoms with E-state index in [1.54, 1.807) is 0 Å². The van der Waals surface area contributed by atoms with Crippen LogP contribution in [-0.2, 0) is 30.6 Å². The minimum Gasteiger partial charge on any atom is -1.00 e. The molecule has 0 aliphatic carbocycles. The van der Waals surface area contributed by atoms with E-state index in [4.69, 9.17) is 8.92 Å². The van der Waals surface area contributed by atoms with Gasteiger partial charge in [-0.05, 0) is 0 Å². The average Bonchev–Trinajstić information content (AvgIpc) is 0.918. The van der Waals surface area contributed by atoms with E-state index in [1.807, 2.05) is 0 Å². The van der Waals surface area contributed by atoms with Crippen molar-refractivity contribution >= 4 is 9.29 Å². The topological polar surface area (TPSA) is 34.1 Å². The van der Waals surface area contributed by atoms with Gasteiger partial charge in [-0.2, -0.15) is 0 Å². The van der Waals surface area contributed by atoms with Crippen molar-refractivity contribution in [1.29, 1.82) is 0 Å². The second-order valence-electron chi connectivity index (χ2n) is 0.0833. The Morgan fingerprint density at radius 3 is 0.750 bits per heavy atom. The zero-order chi connectivity index (χ0) is 2.71. The van der Waals surface area contributed by atoms with E-state index in [-0.39, 0.29) is 71.3 Å². The van der Waals surface area contributed by atoms with Crippen molar-refractivity contribution in [3.05, 3.63) is 0 Å². The van der Waals surface area contributed by atoms with Crippen LogP contribution in [0.5, 0.6) is 0 Å². The van der Waals surface area contributed by atoms with Crippen LogP contribution in [0.25, 0.3) is 0 Å². The van der Waals surface area contributed by atoms with Crippen LogP contribution in [0, 0.1) is 0 Å². The molecule has 8 heteroatoms. The average molecular weight is 250 g/mol. The zero-order valence-electron chi connectivity index (χ0n) is 3.33. The van der Waals surface area contributed by atoms with Gasteiger partial charge in [0.05, 0.1) is 0 Å². The Bertz CT molecular complexity index is 35.0. The van der Waals surface area contributed by atoms with E-state index in [2.05, 4.69) is 0 Å². The third-order valence-corrected chi connectivity index (χ3v) is 0. The normalized spacial score (nSPS) is 1.00. The molecule has 0 radical (unpaired) electrons. The first kappa shape index (κ1) is 53.7. The summed E-state index contributed by atoms with van der Waals surface area (Å²) in [6, 6.07) is 0. The standard InChI is InChI=1S/4ClH.O2Si.Ti/c;;;;1-3-2;/h4*1H;;/q;;;;;+4/p-4. The fraction of sp³-hybridized carbons (Fsp3) is 0. The van der Waals surface area contributed by atoms with Crippen molar-refractivity contribution in [2.24, 2.45) is 0 Å². The first-order valence-corrected chi connectivity index (χ1v) is 1.22. The first-order valence-electron chi connectivity index (χ1n) is 0.408. The van der Waals surface area contributed by atoms with Crippen molar-refractivity contribution in [2.45, 2.75) is 0 Å². The van der Waals surface area contributed by atoms with Crippen LogP contribution in [0.2, 0.25) is 0 Å². The predicted octanol–water partition coefficient (Wildman–Crippen LogP) is -12.6. The van der Waals surface area contributed by atoms with Crippen LogP contribution in [0.3, 0.4) is 0 Å². The van der Waals surface area contributed by atoms with E-state index >= 15 is 0 Å². The molecule has 8 heavy (non-hydrogen) atoms. The second-order valence-corrected chi connectivity index (χ2v) is 0.250. The molecule has 0 N–H and O–H groups in total. The van der Waals surface area contributed by atoms with Crippen LogP contribution in [0.15, 0.2) is 0 Å². The van der Waals surface area contributed by atoms with Gasteiger partial charge in [0.1, 0.15) is 0 Å². The van der Waals surface area contributed by atoms with Gasteiger partial charge in [0.25, 0.3) is 0 Å². The summed E-state index contributed by atoms with van der Waals surface area (Å²) in [5.41, 5.74) is 0. The maximum absolute atomic E-state index is 8.40. The molecule has 0 amide bonds. The number of hydrogen-bond acceptors (Lipinski definition) is 2. The summed E-state index contributed by atoms with van der Waals surface area (Å²) < 4.78 is 16.8. The second kappa shape index (κ2) is 71.0. The minimum absolute atomic E-state index is 0. The van der Waals surface area contributed by atoms with Gasteiger partial charge in [0.15, 0.2) is 0 Å². The molecule has 0 spiro atoms. The van der Waals surface area contributed by atoms with Crippen LogP contribution in [-0.4, -0.2) is 9.29 Å². The molecule has 48 valence electrons. The Kier molecular flexibility index (Phi) is 477. The third-order valence-electron chi connectivity index (χ3n) is 0. The molecule has 0 saturated carbocycles. The number of rotatable bonds is 0. The smallest absolute Gasteiger partial charge is 1.00 e. The molecule has 2 nitrogen and oxygen atoms in total. The summed E-state index contributed by atoms with van der Waals surface area (Å²) >= 11 is 0. The van der Waals surface area contributed by atoms with E-state index in [9.17, 15) is 0 Å². The third kappa shape index (κ3) is 120. The summed E-state index contributed by atoms with van der Waals surface area (Å²) in [5, 5.41) is 0. The molecule has 0 aromatic carbocycles. The number of halogens is 4. The maximum atomic E-state index is 8.40. The summed E-state index contributed by atoms with van der Waals surface area (Å²) in [4.78, 5) is 0. The van der Waals surface area contributed by atoms with E-state index < -0.39 is 9.29 Å². The van der Waals surface area contributed by atoms with Crippen molar-refractivity contribution in [3.8, 4) is 0 Å². The molecule has 0 heterocycles. The van der Waals surface area contributed by atoms with Crippen molar-refractivity contribution in [3.63, 3.8) is 0 Å². The van der Waals surface area contributed by atoms with Crippen molar-refractivity contribution < 1.29 is 80.3 Å². The Morgan fingerprint density at radius 2 is 0.750 bits per heavy atom. The summed E-state index contributed by atoms with van der Waals surface area (Å²) in [6.07, 6.45) is 0. The summed E-state index contributed by atoms with van der Waals surface area (Å²) in [6.45, 7) is 0. The molecule has 0 rings (SSSR count). The van der Waals surface area contributed by atoms with Crippen LogP contribution < -0.4 is 49.6 Å². The molecule has 0 fully saturated rings. The predicted molar refractivity (Wildman–Crippen MR) is 7.13 cm³/mol. The summed E-state index contributed by atoms with van der Waals surface area (Å²) in [7, 11) is -1.42. The van der Waals surface area contributed by atoms with Gasteiger partial charge in [0, 0.05) is 0 Å². The SMILES string of the molecule is O=[Si]=O.[Cl-].[Cl-].[Cl-].[Cl-].[Ti+4]. The quantitative estimate of drug-likeness (QED) is 0.400. The molecule has 0 saturated heterocycles. The van der Waals surface area contributed by atoms with E-state index in [0.717, 1.165) is 0 Å². The fourth-order valence-corrected chi connectivity index (χ4v) is 0. The molecule has 0 aromatic rings. The molecule has 0 aromatic heterocycles. The van der Waals surface area contributed by atoms with Gasteiger partial charge in [-0.3, -0.25) is 8.92 Å². The largest absolute Gasteiger partial charge is 4.00 e. The molecule has 0 unspecified atom stereocenters. The Hall–Kier alpha value is 1.69. The van der Waals surface area contributed by atoms with Crippen LogP contribution in [0.4, 0.5) is 0 Å². The van der Waals surface area contributed by atoms with Crippen molar-refractivity contribution in [2.75, 3.05) is 0 Å². The maximum Gasteiger partial charge on any atom is 4.00 e. The van der Waals surface area contributed by atoms with Gasteiger partial charge in [0.2, 0.25) is 0 Å². The zero-order valence-corrected chi connectivity index (χ0v) is 8.91. The molecule has 0 bridgehead atoms. The van der Waals surface area contributed by atoms with Gasteiger partial charge in [-0.15, -0.1) is 0 Å². The Labute approximate surface area is 89.0 Å². The van der Waals surface area contributed by atoms with Gasteiger partial charge < -0.3 is 49.6 Å². The van der Waals surface area contributed by atoms with Gasteiger partial charge >= 0.3 is 31.0 Å².